The average molecular weight is 490 g/mol. The van der Waals surface area contributed by atoms with Gasteiger partial charge in [0.1, 0.15) is 11.5 Å². The minimum absolute atomic E-state index is 0.0293. The van der Waals surface area contributed by atoms with E-state index < -0.39 is 13.9 Å². The number of aromatic hydroxyl groups is 1. The van der Waals surface area contributed by atoms with Crippen LogP contribution in [0.2, 0.25) is 5.02 Å². The molecular weight excluding hydrogens is 461 g/mol. The van der Waals surface area contributed by atoms with Gasteiger partial charge in [-0.05, 0) is 61.6 Å². The van der Waals surface area contributed by atoms with Crippen molar-refractivity contribution in [3.8, 4) is 11.5 Å². The molecule has 0 aliphatic heterocycles. The van der Waals surface area contributed by atoms with E-state index in [1.165, 1.54) is 11.8 Å². The first-order chi connectivity index (χ1) is 14.6. The minimum Gasteiger partial charge on any atom is -0.507 e. The summed E-state index contributed by atoms with van der Waals surface area (Å²) in [6, 6.07) is 10.3. The summed E-state index contributed by atoms with van der Waals surface area (Å²) in [5, 5.41) is 10.7. The number of rotatable bonds is 12. The maximum atomic E-state index is 10.9. The van der Waals surface area contributed by atoms with Gasteiger partial charge in [0.25, 0.3) is 0 Å². The van der Waals surface area contributed by atoms with Gasteiger partial charge in [-0.2, -0.15) is 0 Å². The van der Waals surface area contributed by atoms with Crippen molar-refractivity contribution >= 4 is 31.2 Å². The number of ether oxygens (including phenoxy) is 1. The van der Waals surface area contributed by atoms with Gasteiger partial charge in [0, 0.05) is 16.0 Å². The van der Waals surface area contributed by atoms with Crippen molar-refractivity contribution in [2.45, 2.75) is 54.9 Å². The summed E-state index contributed by atoms with van der Waals surface area (Å²) in [6.45, 7) is 4.26. The van der Waals surface area contributed by atoms with E-state index >= 15 is 0 Å². The third-order valence-electron chi connectivity index (χ3n) is 4.56. The monoisotopic (exact) mass is 489 g/mol. The topological polar surface area (TPSA) is 122 Å². The molecule has 0 aromatic heterocycles. The van der Waals surface area contributed by atoms with Crippen LogP contribution in [-0.4, -0.2) is 34.1 Å². The molecule has 0 heterocycles. The molecule has 0 saturated carbocycles. The highest BCUT2D eigenvalue weighted by molar-refractivity contribution is 7.99. The van der Waals surface area contributed by atoms with Crippen molar-refractivity contribution in [1.29, 1.82) is 0 Å². The molecule has 2 rings (SSSR count). The summed E-state index contributed by atoms with van der Waals surface area (Å²) in [4.78, 5) is 19.3. The Kier molecular flexibility index (Phi) is 10.2. The van der Waals surface area contributed by atoms with Crippen LogP contribution in [0.25, 0.3) is 0 Å². The molecular formula is C21H29ClNO6PS. The molecule has 2 aromatic rings. The molecule has 0 amide bonds. The van der Waals surface area contributed by atoms with E-state index in [-0.39, 0.29) is 18.3 Å². The van der Waals surface area contributed by atoms with Crippen LogP contribution in [0.3, 0.4) is 0 Å². The van der Waals surface area contributed by atoms with E-state index in [0.29, 0.717) is 28.7 Å². The molecule has 172 valence electrons. The Bertz CT molecular complexity index is 909. The van der Waals surface area contributed by atoms with Crippen molar-refractivity contribution in [3.63, 3.8) is 0 Å². The Morgan fingerprint density at radius 1 is 1.19 bits per heavy atom. The number of hydrogen-bond acceptors (Lipinski definition) is 6. The van der Waals surface area contributed by atoms with Crippen LogP contribution in [0, 0.1) is 0 Å². The molecule has 2 unspecified atom stereocenters. The van der Waals surface area contributed by atoms with Crippen LogP contribution in [0.4, 0.5) is 0 Å². The van der Waals surface area contributed by atoms with Crippen LogP contribution in [-0.2, 0) is 9.09 Å². The Balaban J connectivity index is 2.15. The predicted octanol–water partition coefficient (Wildman–Crippen LogP) is 5.31. The Morgan fingerprint density at radius 2 is 1.94 bits per heavy atom. The van der Waals surface area contributed by atoms with Crippen molar-refractivity contribution in [2.75, 3.05) is 13.2 Å². The Morgan fingerprint density at radius 3 is 2.55 bits per heavy atom. The summed E-state index contributed by atoms with van der Waals surface area (Å²) in [7, 11) is -4.55. The first kappa shape index (κ1) is 26.0. The number of hydrogen-bond donors (Lipinski definition) is 4. The molecule has 0 aliphatic carbocycles. The standard InChI is InChI=1S/C21H29ClNO6PS/c1-3-5-14(10-15(23)13-29-30(25,26)27)18-8-7-17(12-19(18)22)31-21-11-16(28-4-2)6-9-20(21)24/h6-9,11-12,14-15,24H,3-5,10,13,23H2,1-2H3,(H2,25,26,27). The zero-order chi connectivity index (χ0) is 23.0. The van der Waals surface area contributed by atoms with Crippen LogP contribution >= 0.6 is 31.2 Å². The fourth-order valence-corrected chi connectivity index (χ4v) is 4.94. The Labute approximate surface area is 192 Å². The van der Waals surface area contributed by atoms with E-state index in [4.69, 9.17) is 31.9 Å². The minimum atomic E-state index is -4.55. The smallest absolute Gasteiger partial charge is 0.469 e. The van der Waals surface area contributed by atoms with Crippen LogP contribution in [0.15, 0.2) is 46.2 Å². The fourth-order valence-electron chi connectivity index (χ4n) is 3.24. The van der Waals surface area contributed by atoms with Crippen LogP contribution in [0.5, 0.6) is 11.5 Å². The number of phosphoric ester groups is 1. The van der Waals surface area contributed by atoms with Gasteiger partial charge < -0.3 is 25.4 Å². The lowest BCUT2D eigenvalue weighted by Gasteiger charge is -2.22. The van der Waals surface area contributed by atoms with E-state index in [0.717, 1.165) is 23.3 Å². The quantitative estimate of drug-likeness (QED) is 0.296. The molecule has 0 saturated heterocycles. The van der Waals surface area contributed by atoms with E-state index in [9.17, 15) is 9.67 Å². The van der Waals surface area contributed by atoms with Gasteiger partial charge >= 0.3 is 7.82 Å². The molecule has 0 aliphatic rings. The number of phenols is 1. The number of benzene rings is 2. The summed E-state index contributed by atoms with van der Waals surface area (Å²) in [5.41, 5.74) is 6.95. The SMILES string of the molecule is CCCC(CC(N)COP(=O)(O)O)c1ccc(Sc2cc(OCC)ccc2O)cc1Cl. The van der Waals surface area contributed by atoms with Crippen LogP contribution < -0.4 is 10.5 Å². The molecule has 0 bridgehead atoms. The molecule has 31 heavy (non-hydrogen) atoms. The Hall–Kier alpha value is -1.25. The maximum Gasteiger partial charge on any atom is 0.469 e. The number of phenolic OH excluding ortho intramolecular Hbond substituents is 1. The van der Waals surface area contributed by atoms with Gasteiger partial charge in [0.05, 0.1) is 18.1 Å². The molecule has 7 nitrogen and oxygen atoms in total. The molecule has 0 radical (unpaired) electrons. The second kappa shape index (κ2) is 12.1. The van der Waals surface area contributed by atoms with Crippen molar-refractivity contribution in [1.82, 2.24) is 0 Å². The zero-order valence-electron chi connectivity index (χ0n) is 17.5. The summed E-state index contributed by atoms with van der Waals surface area (Å²) < 4.78 is 20.9. The molecule has 10 heteroatoms. The highest BCUT2D eigenvalue weighted by atomic mass is 35.5. The lowest BCUT2D eigenvalue weighted by molar-refractivity contribution is 0.181. The predicted molar refractivity (Wildman–Crippen MR) is 123 cm³/mol. The second-order valence-electron chi connectivity index (χ2n) is 7.12. The summed E-state index contributed by atoms with van der Waals surface area (Å²) in [6.07, 6.45) is 2.21. The number of phosphoric acid groups is 1. The summed E-state index contributed by atoms with van der Waals surface area (Å²) >= 11 is 7.96. The lowest BCUT2D eigenvalue weighted by Crippen LogP contribution is -2.28. The molecule has 5 N–H and O–H groups in total. The summed E-state index contributed by atoms with van der Waals surface area (Å²) in [5.74, 6) is 0.871. The maximum absolute atomic E-state index is 10.9. The third kappa shape index (κ3) is 8.66. The molecule has 0 spiro atoms. The molecule has 2 aromatic carbocycles. The highest BCUT2D eigenvalue weighted by Gasteiger charge is 2.21. The van der Waals surface area contributed by atoms with E-state index in [1.54, 1.807) is 18.2 Å². The number of nitrogens with two attached hydrogens (primary N) is 1. The van der Waals surface area contributed by atoms with Gasteiger partial charge in [-0.1, -0.05) is 42.8 Å². The normalized spacial score (nSPS) is 13.7. The molecule has 2 atom stereocenters. The fraction of sp³-hybridized carbons (Fsp3) is 0.429. The van der Waals surface area contributed by atoms with E-state index in [2.05, 4.69) is 11.4 Å². The zero-order valence-corrected chi connectivity index (χ0v) is 20.0. The van der Waals surface area contributed by atoms with Crippen molar-refractivity contribution < 1.29 is 28.7 Å². The largest absolute Gasteiger partial charge is 0.507 e. The van der Waals surface area contributed by atoms with Gasteiger partial charge in [-0.15, -0.1) is 0 Å². The van der Waals surface area contributed by atoms with Crippen LogP contribution in [0.1, 0.15) is 44.6 Å². The van der Waals surface area contributed by atoms with Gasteiger partial charge in [0.15, 0.2) is 0 Å². The van der Waals surface area contributed by atoms with Gasteiger partial charge in [0.2, 0.25) is 0 Å². The third-order valence-corrected chi connectivity index (χ3v) is 6.41. The van der Waals surface area contributed by atoms with Crippen molar-refractivity contribution in [2.24, 2.45) is 5.73 Å². The average Bonchev–Trinajstić information content (AvgIpc) is 2.68. The first-order valence-corrected chi connectivity index (χ1v) is 12.7. The molecule has 0 fully saturated rings. The van der Waals surface area contributed by atoms with Gasteiger partial charge in [-0.25, -0.2) is 4.57 Å². The van der Waals surface area contributed by atoms with Crippen molar-refractivity contribution in [3.05, 3.63) is 47.0 Å². The van der Waals surface area contributed by atoms with E-state index in [1.807, 2.05) is 25.1 Å². The van der Waals surface area contributed by atoms with Gasteiger partial charge in [-0.3, -0.25) is 4.52 Å². The highest BCUT2D eigenvalue weighted by Crippen LogP contribution is 2.40. The first-order valence-electron chi connectivity index (χ1n) is 10.0. The lowest BCUT2D eigenvalue weighted by atomic mass is 9.89. The number of halogens is 1. The second-order valence-corrected chi connectivity index (χ2v) is 9.88.